The van der Waals surface area contributed by atoms with E-state index in [9.17, 15) is 22.0 Å². The molecule has 2 aromatic carbocycles. The molecule has 2 aromatic heterocycles. The normalized spacial score (nSPS) is 13.8. The predicted octanol–water partition coefficient (Wildman–Crippen LogP) is 5.04. The first kappa shape index (κ1) is 24.1. The number of halogens is 3. The van der Waals surface area contributed by atoms with Crippen molar-refractivity contribution in [3.05, 3.63) is 71.5 Å². The zero-order valence-corrected chi connectivity index (χ0v) is 19.9. The van der Waals surface area contributed by atoms with E-state index >= 15 is 0 Å². The molecule has 1 amide bonds. The summed E-state index contributed by atoms with van der Waals surface area (Å²) in [6.45, 7) is 0. The molecule has 5 rings (SSSR count). The van der Waals surface area contributed by atoms with Crippen molar-refractivity contribution in [2.75, 3.05) is 5.32 Å². The Bertz CT molecular complexity index is 1560. The Kier molecular flexibility index (Phi) is 6.33. The average molecular weight is 534 g/mol. The average Bonchev–Trinajstić information content (AvgIpc) is 3.56. The minimum Gasteiger partial charge on any atom is -0.404 e. The largest absolute Gasteiger partial charge is 0.417 e. The molecule has 1 fully saturated rings. The lowest BCUT2D eigenvalue weighted by atomic mass is 10.1. The number of nitrogens with zero attached hydrogens (tertiary/aromatic N) is 3. The van der Waals surface area contributed by atoms with E-state index in [0.29, 0.717) is 10.6 Å². The Labute approximate surface area is 209 Å². The maximum absolute atomic E-state index is 13.7. The highest BCUT2D eigenvalue weighted by Gasteiger charge is 2.28. The number of benzene rings is 2. The summed E-state index contributed by atoms with van der Waals surface area (Å²) >= 11 is 5.91. The molecule has 1 aliphatic rings. The first-order valence-corrected chi connectivity index (χ1v) is 12.6. The summed E-state index contributed by atoms with van der Waals surface area (Å²) in [5.74, 6) is -0.163. The van der Waals surface area contributed by atoms with E-state index < -0.39 is 28.2 Å². The molecule has 0 atom stereocenters. The SMILES string of the molecule is O=C(Nc1cccc(S(=O)(=O)NC2CC2)c1)Oc1cnn2c(C(F)F)cc(-c3ccc(Cl)cc3)nc12. The zero-order chi connectivity index (χ0) is 25.4. The first-order valence-electron chi connectivity index (χ1n) is 10.7. The number of hydrogen-bond acceptors (Lipinski definition) is 6. The van der Waals surface area contributed by atoms with Gasteiger partial charge < -0.3 is 4.74 Å². The number of sulfonamides is 1. The molecule has 36 heavy (non-hydrogen) atoms. The zero-order valence-electron chi connectivity index (χ0n) is 18.4. The van der Waals surface area contributed by atoms with Gasteiger partial charge in [-0.15, -0.1) is 0 Å². The highest BCUT2D eigenvalue weighted by atomic mass is 35.5. The van der Waals surface area contributed by atoms with E-state index in [1.54, 1.807) is 24.3 Å². The Morgan fingerprint density at radius 1 is 1.14 bits per heavy atom. The van der Waals surface area contributed by atoms with Gasteiger partial charge in [0.1, 0.15) is 5.69 Å². The lowest BCUT2D eigenvalue weighted by Gasteiger charge is -2.10. The number of ether oxygens (including phenoxy) is 1. The number of aromatic nitrogens is 3. The quantitative estimate of drug-likeness (QED) is 0.344. The van der Waals surface area contributed by atoms with Gasteiger partial charge in [0.15, 0.2) is 11.4 Å². The van der Waals surface area contributed by atoms with Crippen LogP contribution in [-0.4, -0.2) is 35.2 Å². The highest BCUT2D eigenvalue weighted by Crippen LogP contribution is 2.30. The van der Waals surface area contributed by atoms with Gasteiger partial charge in [0.25, 0.3) is 6.43 Å². The van der Waals surface area contributed by atoms with Gasteiger partial charge in [-0.3, -0.25) is 5.32 Å². The maximum atomic E-state index is 13.7. The van der Waals surface area contributed by atoms with Crippen LogP contribution >= 0.6 is 11.6 Å². The van der Waals surface area contributed by atoms with Gasteiger partial charge in [-0.25, -0.2) is 36.2 Å². The van der Waals surface area contributed by atoms with Gasteiger partial charge >= 0.3 is 6.09 Å². The number of nitrogens with one attached hydrogen (secondary N) is 2. The van der Waals surface area contributed by atoms with E-state index in [1.165, 1.54) is 30.3 Å². The molecule has 1 aliphatic carbocycles. The summed E-state index contributed by atoms with van der Waals surface area (Å²) in [6.07, 6.45) is -1.20. The Morgan fingerprint density at radius 3 is 2.58 bits per heavy atom. The molecule has 13 heteroatoms. The number of anilines is 1. The first-order chi connectivity index (χ1) is 17.2. The number of rotatable bonds is 7. The summed E-state index contributed by atoms with van der Waals surface area (Å²) in [7, 11) is -3.73. The van der Waals surface area contributed by atoms with Crippen LogP contribution in [0.5, 0.6) is 5.75 Å². The fourth-order valence-electron chi connectivity index (χ4n) is 3.43. The maximum Gasteiger partial charge on any atom is 0.417 e. The summed E-state index contributed by atoms with van der Waals surface area (Å²) in [6, 6.07) is 13.2. The Balaban J connectivity index is 1.41. The van der Waals surface area contributed by atoms with Crippen molar-refractivity contribution < 1.29 is 26.7 Å². The molecule has 0 unspecified atom stereocenters. The van der Waals surface area contributed by atoms with Gasteiger partial charge in [-0.05, 0) is 49.2 Å². The molecule has 186 valence electrons. The molecule has 4 aromatic rings. The minimum atomic E-state index is -3.73. The predicted molar refractivity (Wildman–Crippen MR) is 128 cm³/mol. The van der Waals surface area contributed by atoms with Crippen molar-refractivity contribution >= 4 is 39.1 Å². The molecule has 1 saturated carbocycles. The second-order valence-electron chi connectivity index (χ2n) is 8.06. The van der Waals surface area contributed by atoms with Crippen molar-refractivity contribution in [2.24, 2.45) is 0 Å². The molecule has 0 bridgehead atoms. The number of carbonyl (C=O) groups excluding carboxylic acids is 1. The van der Waals surface area contributed by atoms with E-state index in [2.05, 4.69) is 20.1 Å². The van der Waals surface area contributed by atoms with Crippen LogP contribution < -0.4 is 14.8 Å². The van der Waals surface area contributed by atoms with Gasteiger partial charge in [0.2, 0.25) is 10.0 Å². The topological polar surface area (TPSA) is 115 Å². The van der Waals surface area contributed by atoms with Gasteiger partial charge in [-0.1, -0.05) is 29.8 Å². The summed E-state index contributed by atoms with van der Waals surface area (Å²) in [4.78, 5) is 16.9. The van der Waals surface area contributed by atoms with Crippen LogP contribution in [0.3, 0.4) is 0 Å². The minimum absolute atomic E-state index is 0.0148. The third kappa shape index (κ3) is 5.15. The molecular weight excluding hydrogens is 516 g/mol. The highest BCUT2D eigenvalue weighted by molar-refractivity contribution is 7.89. The van der Waals surface area contributed by atoms with Crippen molar-refractivity contribution in [1.82, 2.24) is 19.3 Å². The fraction of sp³-hybridized carbons (Fsp3) is 0.174. The van der Waals surface area contributed by atoms with Crippen molar-refractivity contribution in [1.29, 1.82) is 0 Å². The molecule has 2 heterocycles. The van der Waals surface area contributed by atoms with Crippen molar-refractivity contribution in [2.45, 2.75) is 30.2 Å². The van der Waals surface area contributed by atoms with Crippen LogP contribution in [0, 0.1) is 0 Å². The number of fused-ring (bicyclic) bond motifs is 1. The molecule has 0 radical (unpaired) electrons. The third-order valence-corrected chi connectivity index (χ3v) is 7.09. The lowest BCUT2D eigenvalue weighted by Crippen LogP contribution is -2.26. The number of hydrogen-bond donors (Lipinski definition) is 2. The van der Waals surface area contributed by atoms with E-state index in [0.717, 1.165) is 23.6 Å². The monoisotopic (exact) mass is 533 g/mol. The number of carbonyl (C=O) groups is 1. The third-order valence-electron chi connectivity index (χ3n) is 5.32. The second-order valence-corrected chi connectivity index (χ2v) is 10.2. The molecule has 0 aliphatic heterocycles. The van der Waals surface area contributed by atoms with Crippen molar-refractivity contribution in [3.63, 3.8) is 0 Å². The van der Waals surface area contributed by atoms with Gasteiger partial charge in [-0.2, -0.15) is 5.10 Å². The molecule has 2 N–H and O–H groups in total. The van der Waals surface area contributed by atoms with E-state index in [4.69, 9.17) is 16.3 Å². The van der Waals surface area contributed by atoms with Crippen LogP contribution in [0.2, 0.25) is 5.02 Å². The van der Waals surface area contributed by atoms with E-state index in [1.807, 2.05) is 0 Å². The molecule has 9 nitrogen and oxygen atoms in total. The fourth-order valence-corrected chi connectivity index (χ4v) is 4.91. The van der Waals surface area contributed by atoms with Crippen LogP contribution in [0.15, 0.2) is 65.7 Å². The lowest BCUT2D eigenvalue weighted by molar-refractivity contribution is 0.143. The van der Waals surface area contributed by atoms with Crippen LogP contribution in [-0.2, 0) is 10.0 Å². The number of amides is 1. The molecule has 0 saturated heterocycles. The van der Waals surface area contributed by atoms with Crippen LogP contribution in [0.25, 0.3) is 16.9 Å². The summed E-state index contributed by atoms with van der Waals surface area (Å²) in [5.41, 5.74) is 0.358. The molecule has 0 spiro atoms. The Morgan fingerprint density at radius 2 is 1.89 bits per heavy atom. The number of alkyl halides is 2. The summed E-state index contributed by atoms with van der Waals surface area (Å²) in [5, 5.41) is 6.80. The van der Waals surface area contributed by atoms with Crippen LogP contribution in [0.4, 0.5) is 19.3 Å². The Hall–Kier alpha value is -3.61. The van der Waals surface area contributed by atoms with E-state index in [-0.39, 0.29) is 33.7 Å². The van der Waals surface area contributed by atoms with Gasteiger partial charge in [0, 0.05) is 22.3 Å². The summed E-state index contributed by atoms with van der Waals surface area (Å²) < 4.78 is 61.1. The standard InChI is InChI=1S/C23H18ClF2N5O4S/c24-14-6-4-13(5-7-14)18-11-19(21(25)26)31-22(29-18)20(12-27-31)35-23(32)28-16-2-1-3-17(10-16)36(33,34)30-15-8-9-15/h1-7,10-12,15,21,30H,8-9H2,(H,28,32). The molecular formula is C23H18ClF2N5O4S. The van der Waals surface area contributed by atoms with Gasteiger partial charge in [0.05, 0.1) is 16.8 Å². The van der Waals surface area contributed by atoms with Crippen molar-refractivity contribution in [3.8, 4) is 17.0 Å². The van der Waals surface area contributed by atoms with Crippen LogP contribution in [0.1, 0.15) is 25.0 Å². The second kappa shape index (κ2) is 9.45. The smallest absolute Gasteiger partial charge is 0.404 e.